The van der Waals surface area contributed by atoms with Crippen LogP contribution in [0.25, 0.3) is 0 Å². The number of carbonyl (C=O) groups is 1. The first kappa shape index (κ1) is 11.9. The zero-order valence-corrected chi connectivity index (χ0v) is 10.3. The van der Waals surface area contributed by atoms with E-state index < -0.39 is 0 Å². The van der Waals surface area contributed by atoms with Crippen molar-refractivity contribution in [3.05, 3.63) is 29.8 Å². The highest BCUT2D eigenvalue weighted by molar-refractivity contribution is 14.1. The van der Waals surface area contributed by atoms with Gasteiger partial charge in [0.1, 0.15) is 5.75 Å². The van der Waals surface area contributed by atoms with E-state index in [0.29, 0.717) is 11.3 Å². The monoisotopic (exact) mass is 316 g/mol. The fraction of sp³-hybridized carbons (Fsp3) is 0.182. The van der Waals surface area contributed by atoms with Crippen molar-refractivity contribution in [1.82, 2.24) is 0 Å². The minimum Gasteiger partial charge on any atom is -0.497 e. The first-order valence-corrected chi connectivity index (χ1v) is 5.25. The molecule has 0 saturated carbocycles. The summed E-state index contributed by atoms with van der Waals surface area (Å²) >= 11 is 1.89. The lowest BCUT2D eigenvalue weighted by molar-refractivity contribution is 0.0556. The first-order chi connectivity index (χ1) is 7.27. The summed E-state index contributed by atoms with van der Waals surface area (Å²) in [6.45, 7) is 0.119. The summed E-state index contributed by atoms with van der Waals surface area (Å²) in [5, 5.41) is 0. The van der Waals surface area contributed by atoms with Crippen molar-refractivity contribution in [3.63, 3.8) is 0 Å². The summed E-state index contributed by atoms with van der Waals surface area (Å²) in [4.78, 5) is 11.4. The molecule has 1 aromatic rings. The molecular weight excluding hydrogens is 307 g/mol. The molecule has 1 aromatic carbocycles. The topological polar surface area (TPSA) is 35.5 Å². The zero-order chi connectivity index (χ0) is 11.1. The summed E-state index contributed by atoms with van der Waals surface area (Å²) in [7, 11) is 1.57. The Bertz CT molecular complexity index is 387. The van der Waals surface area contributed by atoms with E-state index in [1.54, 1.807) is 31.4 Å². The number of methoxy groups -OCH3 is 1. The van der Waals surface area contributed by atoms with Gasteiger partial charge in [-0.3, -0.25) is 0 Å². The van der Waals surface area contributed by atoms with Crippen molar-refractivity contribution in [2.75, 3.05) is 13.7 Å². The van der Waals surface area contributed by atoms with Crippen molar-refractivity contribution < 1.29 is 14.3 Å². The smallest absolute Gasteiger partial charge is 0.339 e. The fourth-order valence-electron chi connectivity index (χ4n) is 0.939. The minimum absolute atomic E-state index is 0.119. The Morgan fingerprint density at radius 3 is 2.60 bits per heavy atom. The van der Waals surface area contributed by atoms with Gasteiger partial charge in [-0.05, 0) is 28.2 Å². The summed E-state index contributed by atoms with van der Waals surface area (Å²) in [5.74, 6) is 2.97. The molecule has 0 aliphatic heterocycles. The molecule has 0 aliphatic carbocycles. The maximum atomic E-state index is 11.4. The van der Waals surface area contributed by atoms with Crippen molar-refractivity contribution in [2.45, 2.75) is 0 Å². The van der Waals surface area contributed by atoms with Gasteiger partial charge in [-0.15, -0.1) is 0 Å². The van der Waals surface area contributed by atoms with Crippen LogP contribution in [0.1, 0.15) is 10.4 Å². The SMILES string of the molecule is COc1ccc(C(=O)OCC#CI)cc1. The second kappa shape index (κ2) is 6.30. The summed E-state index contributed by atoms with van der Waals surface area (Å²) in [6.07, 6.45) is 0. The van der Waals surface area contributed by atoms with E-state index in [9.17, 15) is 4.79 Å². The van der Waals surface area contributed by atoms with Gasteiger partial charge in [0, 0.05) is 22.6 Å². The van der Waals surface area contributed by atoms with Gasteiger partial charge in [0.05, 0.1) is 12.7 Å². The van der Waals surface area contributed by atoms with Gasteiger partial charge < -0.3 is 9.47 Å². The predicted octanol–water partition coefficient (Wildman–Crippen LogP) is 2.25. The van der Waals surface area contributed by atoms with Crippen LogP contribution in [0.3, 0.4) is 0 Å². The molecule has 0 fully saturated rings. The van der Waals surface area contributed by atoms with E-state index in [4.69, 9.17) is 9.47 Å². The molecule has 0 atom stereocenters. The molecule has 0 saturated heterocycles. The molecular formula is C11H9IO3. The van der Waals surface area contributed by atoms with Crippen LogP contribution in [-0.2, 0) is 4.74 Å². The molecule has 0 N–H and O–H groups in total. The molecule has 0 aliphatic rings. The van der Waals surface area contributed by atoms with E-state index in [1.807, 2.05) is 22.6 Å². The van der Waals surface area contributed by atoms with E-state index in [-0.39, 0.29) is 12.6 Å². The highest BCUT2D eigenvalue weighted by atomic mass is 127. The van der Waals surface area contributed by atoms with Gasteiger partial charge in [0.2, 0.25) is 0 Å². The molecule has 15 heavy (non-hydrogen) atoms. The summed E-state index contributed by atoms with van der Waals surface area (Å²) < 4.78 is 12.5. The number of benzene rings is 1. The lowest BCUT2D eigenvalue weighted by atomic mass is 10.2. The molecule has 78 valence electrons. The van der Waals surface area contributed by atoms with Gasteiger partial charge in [-0.25, -0.2) is 4.79 Å². The predicted molar refractivity (Wildman–Crippen MR) is 65.1 cm³/mol. The highest BCUT2D eigenvalue weighted by Crippen LogP contribution is 2.11. The molecule has 4 heteroatoms. The largest absolute Gasteiger partial charge is 0.497 e. The van der Waals surface area contributed by atoms with Crippen molar-refractivity contribution >= 4 is 28.6 Å². The Balaban J connectivity index is 2.60. The standard InChI is InChI=1S/C11H9IO3/c1-14-10-5-3-9(4-6-10)11(13)15-8-2-7-12/h3-6H,8H2,1H3. The molecule has 0 spiro atoms. The average molecular weight is 316 g/mol. The van der Waals surface area contributed by atoms with Crippen LogP contribution in [0.5, 0.6) is 5.75 Å². The van der Waals surface area contributed by atoms with E-state index >= 15 is 0 Å². The quantitative estimate of drug-likeness (QED) is 0.487. The third-order valence-electron chi connectivity index (χ3n) is 1.67. The van der Waals surface area contributed by atoms with Crippen molar-refractivity contribution in [2.24, 2.45) is 0 Å². The van der Waals surface area contributed by atoms with Crippen molar-refractivity contribution in [1.29, 1.82) is 0 Å². The van der Waals surface area contributed by atoms with Crippen LogP contribution >= 0.6 is 22.6 Å². The minimum atomic E-state index is -0.378. The normalized spacial score (nSPS) is 8.67. The Kier molecular flexibility index (Phi) is 4.98. The molecule has 0 amide bonds. The Morgan fingerprint density at radius 1 is 1.40 bits per heavy atom. The van der Waals surface area contributed by atoms with Crippen LogP contribution < -0.4 is 4.74 Å². The van der Waals surface area contributed by atoms with E-state index in [2.05, 4.69) is 9.85 Å². The molecule has 0 bridgehead atoms. The lowest BCUT2D eigenvalue weighted by Crippen LogP contribution is -2.04. The van der Waals surface area contributed by atoms with Gasteiger partial charge >= 0.3 is 5.97 Å². The molecule has 0 aromatic heterocycles. The molecule has 0 unspecified atom stereocenters. The van der Waals surface area contributed by atoms with Crippen LogP contribution in [-0.4, -0.2) is 19.7 Å². The van der Waals surface area contributed by atoms with Crippen LogP contribution in [0.2, 0.25) is 0 Å². The van der Waals surface area contributed by atoms with Crippen LogP contribution in [0.4, 0.5) is 0 Å². The van der Waals surface area contributed by atoms with Gasteiger partial charge in [-0.1, -0.05) is 5.92 Å². The number of ether oxygens (including phenoxy) is 2. The number of halogens is 1. The lowest BCUT2D eigenvalue weighted by Gasteiger charge is -2.02. The number of carbonyl (C=O) groups excluding carboxylic acids is 1. The average Bonchev–Trinajstić information content (AvgIpc) is 2.29. The first-order valence-electron chi connectivity index (χ1n) is 4.17. The molecule has 0 radical (unpaired) electrons. The Morgan fingerprint density at radius 2 is 2.07 bits per heavy atom. The van der Waals surface area contributed by atoms with Gasteiger partial charge in [0.15, 0.2) is 6.61 Å². The number of esters is 1. The second-order valence-electron chi connectivity index (χ2n) is 2.58. The molecule has 0 heterocycles. The second-order valence-corrected chi connectivity index (χ2v) is 3.12. The highest BCUT2D eigenvalue weighted by Gasteiger charge is 2.05. The summed E-state index contributed by atoms with van der Waals surface area (Å²) in [6, 6.07) is 6.72. The maximum absolute atomic E-state index is 11.4. The maximum Gasteiger partial charge on any atom is 0.339 e. The van der Waals surface area contributed by atoms with Crippen molar-refractivity contribution in [3.8, 4) is 15.6 Å². The number of hydrogen-bond acceptors (Lipinski definition) is 3. The summed E-state index contributed by atoms with van der Waals surface area (Å²) in [5.41, 5.74) is 0.492. The zero-order valence-electron chi connectivity index (χ0n) is 8.12. The van der Waals surface area contributed by atoms with Crippen LogP contribution in [0.15, 0.2) is 24.3 Å². The Hall–Kier alpha value is -1.22. The number of hydrogen-bond donors (Lipinski definition) is 0. The van der Waals surface area contributed by atoms with E-state index in [0.717, 1.165) is 0 Å². The fourth-order valence-corrected chi connectivity index (χ4v) is 1.10. The Labute approximate surface area is 102 Å². The van der Waals surface area contributed by atoms with Gasteiger partial charge in [0.25, 0.3) is 0 Å². The van der Waals surface area contributed by atoms with Gasteiger partial charge in [-0.2, -0.15) is 0 Å². The number of rotatable bonds is 3. The van der Waals surface area contributed by atoms with Crippen LogP contribution in [0, 0.1) is 9.85 Å². The third-order valence-corrected chi connectivity index (χ3v) is 2.05. The molecule has 1 rings (SSSR count). The third kappa shape index (κ3) is 3.80. The van der Waals surface area contributed by atoms with E-state index in [1.165, 1.54) is 0 Å². The molecule has 3 nitrogen and oxygen atoms in total.